The van der Waals surface area contributed by atoms with Crippen molar-refractivity contribution in [3.8, 4) is 16.9 Å². The molecule has 1 N–H and O–H groups in total. The molecule has 1 heterocycles. The Bertz CT molecular complexity index is 741. The molecule has 3 nitrogen and oxygen atoms in total. The Hall–Kier alpha value is -1.75. The van der Waals surface area contributed by atoms with Gasteiger partial charge in [0.1, 0.15) is 0 Å². The third kappa shape index (κ3) is 3.19. The molecule has 0 spiro atoms. The number of halogens is 1. The van der Waals surface area contributed by atoms with Crippen molar-refractivity contribution >= 4 is 23.4 Å². The molecule has 0 unspecified atom stereocenters. The largest absolute Gasteiger partial charge is 0.396 e. The van der Waals surface area contributed by atoms with E-state index in [0.717, 1.165) is 22.1 Å². The second kappa shape index (κ2) is 7.01. The number of benzene rings is 2. The molecule has 0 aliphatic carbocycles. The van der Waals surface area contributed by atoms with Crippen LogP contribution in [0.3, 0.4) is 0 Å². The summed E-state index contributed by atoms with van der Waals surface area (Å²) < 4.78 is 2.10. The molecule has 22 heavy (non-hydrogen) atoms. The third-order valence-corrected chi connectivity index (χ3v) is 4.39. The van der Waals surface area contributed by atoms with Crippen LogP contribution in [0.15, 0.2) is 66.0 Å². The first-order chi connectivity index (χ1) is 10.8. The van der Waals surface area contributed by atoms with Gasteiger partial charge in [-0.15, -0.1) is 0 Å². The summed E-state index contributed by atoms with van der Waals surface area (Å²) in [6, 6.07) is 17.8. The van der Waals surface area contributed by atoms with Gasteiger partial charge in [0.2, 0.25) is 0 Å². The van der Waals surface area contributed by atoms with Crippen LogP contribution in [0.25, 0.3) is 16.9 Å². The number of imidazole rings is 1. The van der Waals surface area contributed by atoms with Crippen molar-refractivity contribution in [3.05, 3.63) is 65.8 Å². The number of rotatable bonds is 5. The Morgan fingerprint density at radius 1 is 1.05 bits per heavy atom. The van der Waals surface area contributed by atoms with Crippen molar-refractivity contribution in [2.75, 3.05) is 12.4 Å². The molecule has 0 aliphatic rings. The topological polar surface area (TPSA) is 38.1 Å². The van der Waals surface area contributed by atoms with Crippen molar-refractivity contribution < 1.29 is 5.11 Å². The van der Waals surface area contributed by atoms with Crippen LogP contribution in [-0.2, 0) is 0 Å². The molecule has 0 atom stereocenters. The summed E-state index contributed by atoms with van der Waals surface area (Å²) in [6.07, 6.45) is 1.86. The average Bonchev–Trinajstić information content (AvgIpc) is 2.98. The van der Waals surface area contributed by atoms with E-state index in [4.69, 9.17) is 16.7 Å². The van der Waals surface area contributed by atoms with Crippen molar-refractivity contribution in [2.24, 2.45) is 0 Å². The number of aliphatic hydroxyl groups excluding tert-OH is 1. The summed E-state index contributed by atoms with van der Waals surface area (Å²) in [5, 5.41) is 10.6. The lowest BCUT2D eigenvalue weighted by molar-refractivity contribution is 0.322. The fraction of sp³-hybridized carbons (Fsp3) is 0.118. The summed E-state index contributed by atoms with van der Waals surface area (Å²) in [4.78, 5) is 4.51. The highest BCUT2D eigenvalue weighted by molar-refractivity contribution is 7.99. The van der Waals surface area contributed by atoms with Gasteiger partial charge >= 0.3 is 0 Å². The second-order valence-corrected chi connectivity index (χ2v) is 6.17. The Morgan fingerprint density at radius 2 is 1.77 bits per heavy atom. The Balaban J connectivity index is 2.10. The molecule has 1 aromatic heterocycles. The number of aromatic nitrogens is 2. The lowest BCUT2D eigenvalue weighted by atomic mass is 10.1. The molecule has 5 heteroatoms. The first-order valence-corrected chi connectivity index (χ1v) is 8.28. The predicted octanol–water partition coefficient (Wildman–Crippen LogP) is 4.28. The molecule has 3 rings (SSSR count). The highest BCUT2D eigenvalue weighted by Gasteiger charge is 2.13. The van der Waals surface area contributed by atoms with Crippen LogP contribution in [0.4, 0.5) is 0 Å². The number of hydrogen-bond acceptors (Lipinski definition) is 3. The van der Waals surface area contributed by atoms with Crippen molar-refractivity contribution in [3.63, 3.8) is 0 Å². The fourth-order valence-electron chi connectivity index (χ4n) is 2.22. The fourth-order valence-corrected chi connectivity index (χ4v) is 3.08. The van der Waals surface area contributed by atoms with E-state index in [-0.39, 0.29) is 6.61 Å². The van der Waals surface area contributed by atoms with Gasteiger partial charge in [0.05, 0.1) is 18.5 Å². The van der Waals surface area contributed by atoms with E-state index in [9.17, 15) is 0 Å². The lowest BCUT2D eigenvalue weighted by Gasteiger charge is -2.11. The Morgan fingerprint density at radius 3 is 2.45 bits per heavy atom. The van der Waals surface area contributed by atoms with Crippen LogP contribution < -0.4 is 0 Å². The van der Waals surface area contributed by atoms with E-state index in [0.29, 0.717) is 10.8 Å². The highest BCUT2D eigenvalue weighted by Crippen LogP contribution is 2.30. The van der Waals surface area contributed by atoms with Crippen LogP contribution in [0.5, 0.6) is 0 Å². The molecular formula is C17H15ClN2OS. The summed E-state index contributed by atoms with van der Waals surface area (Å²) in [5.41, 5.74) is 3.10. The number of thioether (sulfide) groups is 1. The number of hydrogen-bond donors (Lipinski definition) is 1. The Labute approximate surface area is 138 Å². The molecule has 112 valence electrons. The monoisotopic (exact) mass is 330 g/mol. The average molecular weight is 331 g/mol. The quantitative estimate of drug-likeness (QED) is 0.710. The molecule has 0 radical (unpaired) electrons. The predicted molar refractivity (Wildman–Crippen MR) is 91.8 cm³/mol. The summed E-state index contributed by atoms with van der Waals surface area (Å²) in [5.74, 6) is 0.615. The van der Waals surface area contributed by atoms with E-state index >= 15 is 0 Å². The molecule has 0 aliphatic heterocycles. The molecule has 0 bridgehead atoms. The minimum Gasteiger partial charge on any atom is -0.396 e. The van der Waals surface area contributed by atoms with Crippen molar-refractivity contribution in [2.45, 2.75) is 5.16 Å². The van der Waals surface area contributed by atoms with E-state index in [2.05, 4.69) is 9.55 Å². The van der Waals surface area contributed by atoms with Crippen LogP contribution in [-0.4, -0.2) is 27.0 Å². The highest BCUT2D eigenvalue weighted by atomic mass is 35.5. The SMILES string of the molecule is OCCSc1ncc(-c2ccc(Cl)cc2)n1-c1ccccc1. The normalized spacial score (nSPS) is 10.8. The van der Waals surface area contributed by atoms with Crippen LogP contribution in [0.2, 0.25) is 5.02 Å². The first kappa shape index (κ1) is 15.2. The minimum atomic E-state index is 0.128. The van der Waals surface area contributed by atoms with Gasteiger partial charge in [-0.05, 0) is 24.3 Å². The van der Waals surface area contributed by atoms with Crippen LogP contribution in [0, 0.1) is 0 Å². The lowest BCUT2D eigenvalue weighted by Crippen LogP contribution is -2.00. The van der Waals surface area contributed by atoms with Gasteiger partial charge in [0.15, 0.2) is 5.16 Å². The summed E-state index contributed by atoms with van der Waals surface area (Å²) in [7, 11) is 0. The number of aliphatic hydroxyl groups is 1. The van der Waals surface area contributed by atoms with E-state index in [1.54, 1.807) is 0 Å². The molecule has 0 fully saturated rings. The van der Waals surface area contributed by atoms with Gasteiger partial charge in [-0.1, -0.05) is 53.7 Å². The van der Waals surface area contributed by atoms with Crippen LogP contribution >= 0.6 is 23.4 Å². The maximum atomic E-state index is 9.07. The van der Waals surface area contributed by atoms with Gasteiger partial charge in [0.25, 0.3) is 0 Å². The zero-order valence-electron chi connectivity index (χ0n) is 11.8. The van der Waals surface area contributed by atoms with Gasteiger partial charge in [0, 0.05) is 22.0 Å². The smallest absolute Gasteiger partial charge is 0.173 e. The zero-order chi connectivity index (χ0) is 15.4. The first-order valence-electron chi connectivity index (χ1n) is 6.92. The van der Waals surface area contributed by atoms with E-state index in [1.807, 2.05) is 60.8 Å². The van der Waals surface area contributed by atoms with E-state index < -0.39 is 0 Å². The van der Waals surface area contributed by atoms with Gasteiger partial charge in [-0.3, -0.25) is 4.57 Å². The molecule has 0 amide bonds. The zero-order valence-corrected chi connectivity index (χ0v) is 13.4. The van der Waals surface area contributed by atoms with Gasteiger partial charge in [-0.2, -0.15) is 0 Å². The molecule has 3 aromatic rings. The maximum Gasteiger partial charge on any atom is 0.173 e. The second-order valence-electron chi connectivity index (χ2n) is 4.68. The van der Waals surface area contributed by atoms with Crippen LogP contribution in [0.1, 0.15) is 0 Å². The standard InChI is InChI=1S/C17H15ClN2OS/c18-14-8-6-13(7-9-14)16-12-19-17(22-11-10-21)20(16)15-4-2-1-3-5-15/h1-9,12,21H,10-11H2. The Kier molecular flexibility index (Phi) is 4.83. The van der Waals surface area contributed by atoms with Gasteiger partial charge < -0.3 is 5.11 Å². The van der Waals surface area contributed by atoms with E-state index in [1.165, 1.54) is 11.8 Å². The molecule has 0 saturated heterocycles. The summed E-state index contributed by atoms with van der Waals surface area (Å²) >= 11 is 7.51. The van der Waals surface area contributed by atoms with Gasteiger partial charge in [-0.25, -0.2) is 4.98 Å². The van der Waals surface area contributed by atoms with Crippen molar-refractivity contribution in [1.82, 2.24) is 9.55 Å². The molecule has 2 aromatic carbocycles. The van der Waals surface area contributed by atoms with Crippen molar-refractivity contribution in [1.29, 1.82) is 0 Å². The number of nitrogens with zero attached hydrogens (tertiary/aromatic N) is 2. The summed E-state index contributed by atoms with van der Waals surface area (Å²) in [6.45, 7) is 0.128. The molecular weight excluding hydrogens is 316 g/mol. The maximum absolute atomic E-state index is 9.07. The minimum absolute atomic E-state index is 0.128. The third-order valence-electron chi connectivity index (χ3n) is 3.21. The number of para-hydroxylation sites is 1. The molecule has 0 saturated carbocycles.